The first-order valence-corrected chi connectivity index (χ1v) is 8.91. The number of sulfone groups is 1. The molecule has 1 aromatic carbocycles. The molecule has 1 aromatic rings. The van der Waals surface area contributed by atoms with Crippen LogP contribution in [0.4, 0.5) is 5.69 Å². The summed E-state index contributed by atoms with van der Waals surface area (Å²) in [7, 11) is -3.18. The zero-order valence-corrected chi connectivity index (χ0v) is 13.5. The van der Waals surface area contributed by atoms with Crippen LogP contribution in [0.5, 0.6) is 0 Å². The van der Waals surface area contributed by atoms with E-state index in [1.54, 1.807) is 13.8 Å². The lowest BCUT2D eigenvalue weighted by atomic mass is 10.1. The largest absolute Gasteiger partial charge is 0.324 e. The van der Waals surface area contributed by atoms with Crippen LogP contribution in [0.1, 0.15) is 25.8 Å². The van der Waals surface area contributed by atoms with Crippen LogP contribution >= 0.6 is 0 Å². The molecule has 1 heterocycles. The van der Waals surface area contributed by atoms with Crippen molar-refractivity contribution in [1.29, 1.82) is 0 Å². The van der Waals surface area contributed by atoms with Crippen LogP contribution in [0.15, 0.2) is 24.3 Å². The SMILES string of the molecule is CC(C)(CNC1CCc2ccccc2NC1=O)S(C)(=O)=O. The standard InChI is InChI=1S/C15H22N2O3S/c1-15(2,21(3,19)20)10-16-13-9-8-11-6-4-5-7-12(11)17-14(13)18/h4-7,13,16H,8-10H2,1-3H3,(H,17,18). The number of nitrogens with one attached hydrogen (secondary N) is 2. The van der Waals surface area contributed by atoms with Crippen LogP contribution in [-0.4, -0.2) is 37.9 Å². The van der Waals surface area contributed by atoms with E-state index in [9.17, 15) is 13.2 Å². The average Bonchev–Trinajstić information content (AvgIpc) is 2.54. The number of hydrogen-bond donors (Lipinski definition) is 2. The number of hydrogen-bond acceptors (Lipinski definition) is 4. The van der Waals surface area contributed by atoms with Gasteiger partial charge >= 0.3 is 0 Å². The third-order valence-corrected chi connectivity index (χ3v) is 6.22. The summed E-state index contributed by atoms with van der Waals surface area (Å²) >= 11 is 0. The molecule has 1 amide bonds. The van der Waals surface area contributed by atoms with Crippen molar-refractivity contribution in [3.63, 3.8) is 0 Å². The number of carbonyl (C=O) groups is 1. The lowest BCUT2D eigenvalue weighted by Gasteiger charge is -2.25. The van der Waals surface area contributed by atoms with Gasteiger partial charge in [-0.05, 0) is 38.3 Å². The van der Waals surface area contributed by atoms with Gasteiger partial charge in [-0.15, -0.1) is 0 Å². The highest BCUT2D eigenvalue weighted by Crippen LogP contribution is 2.22. The smallest absolute Gasteiger partial charge is 0.241 e. The first-order chi connectivity index (χ1) is 9.71. The summed E-state index contributed by atoms with van der Waals surface area (Å²) < 4.78 is 22.5. The summed E-state index contributed by atoms with van der Waals surface area (Å²) in [5, 5.41) is 6.00. The molecule has 2 rings (SSSR count). The van der Waals surface area contributed by atoms with Gasteiger partial charge in [0, 0.05) is 18.5 Å². The maximum atomic E-state index is 12.2. The van der Waals surface area contributed by atoms with E-state index in [0.29, 0.717) is 6.42 Å². The van der Waals surface area contributed by atoms with Crippen LogP contribution < -0.4 is 10.6 Å². The van der Waals surface area contributed by atoms with Crippen LogP contribution in [0.2, 0.25) is 0 Å². The summed E-state index contributed by atoms with van der Waals surface area (Å²) in [4.78, 5) is 12.2. The van der Waals surface area contributed by atoms with Crippen molar-refractivity contribution >= 4 is 21.4 Å². The molecule has 0 radical (unpaired) electrons. The molecule has 1 aliphatic heterocycles. The molecule has 0 aliphatic carbocycles. The second-order valence-corrected chi connectivity index (χ2v) is 8.80. The van der Waals surface area contributed by atoms with Crippen molar-refractivity contribution in [3.05, 3.63) is 29.8 Å². The second-order valence-electron chi connectivity index (χ2n) is 6.15. The molecule has 1 aliphatic rings. The summed E-state index contributed by atoms with van der Waals surface area (Å²) in [5.74, 6) is -0.107. The number of benzene rings is 1. The molecular formula is C15H22N2O3S. The number of para-hydroxylation sites is 1. The Hall–Kier alpha value is -1.40. The molecule has 1 unspecified atom stereocenters. The molecule has 5 nitrogen and oxygen atoms in total. The number of fused-ring (bicyclic) bond motifs is 1. The van der Waals surface area contributed by atoms with Gasteiger partial charge in [0.2, 0.25) is 5.91 Å². The predicted molar refractivity (Wildman–Crippen MR) is 84.1 cm³/mol. The van der Waals surface area contributed by atoms with Crippen molar-refractivity contribution in [1.82, 2.24) is 5.32 Å². The fourth-order valence-electron chi connectivity index (χ4n) is 2.21. The molecule has 0 aromatic heterocycles. The van der Waals surface area contributed by atoms with Crippen LogP contribution in [0.3, 0.4) is 0 Å². The van der Waals surface area contributed by atoms with E-state index in [2.05, 4.69) is 10.6 Å². The highest BCUT2D eigenvalue weighted by molar-refractivity contribution is 7.92. The minimum Gasteiger partial charge on any atom is -0.324 e. The van der Waals surface area contributed by atoms with Crippen molar-refractivity contribution in [2.75, 3.05) is 18.1 Å². The lowest BCUT2D eigenvalue weighted by molar-refractivity contribution is -0.118. The first kappa shape index (κ1) is 16.0. The van der Waals surface area contributed by atoms with E-state index < -0.39 is 14.6 Å². The van der Waals surface area contributed by atoms with Gasteiger partial charge in [0.05, 0.1) is 10.8 Å². The lowest BCUT2D eigenvalue weighted by Crippen LogP contribution is -2.48. The minimum absolute atomic E-state index is 0.107. The number of rotatable bonds is 4. The Labute approximate surface area is 126 Å². The average molecular weight is 310 g/mol. The third-order valence-electron chi connectivity index (χ3n) is 4.07. The predicted octanol–water partition coefficient (Wildman–Crippen LogP) is 1.35. The molecule has 21 heavy (non-hydrogen) atoms. The van der Waals surface area contributed by atoms with Crippen LogP contribution in [0.25, 0.3) is 0 Å². The Bertz CT molecular complexity index is 638. The van der Waals surface area contributed by atoms with Crippen LogP contribution in [0, 0.1) is 0 Å². The molecule has 1 atom stereocenters. The van der Waals surface area contributed by atoms with Gasteiger partial charge < -0.3 is 10.6 Å². The van der Waals surface area contributed by atoms with Gasteiger partial charge in [0.25, 0.3) is 0 Å². The Morgan fingerprint density at radius 2 is 2.00 bits per heavy atom. The zero-order chi connectivity index (χ0) is 15.7. The van der Waals surface area contributed by atoms with Gasteiger partial charge in [-0.25, -0.2) is 8.42 Å². The van der Waals surface area contributed by atoms with Gasteiger partial charge in [-0.2, -0.15) is 0 Å². The van der Waals surface area contributed by atoms with E-state index in [4.69, 9.17) is 0 Å². The Balaban J connectivity index is 2.05. The maximum absolute atomic E-state index is 12.2. The van der Waals surface area contributed by atoms with Gasteiger partial charge in [-0.3, -0.25) is 4.79 Å². The van der Waals surface area contributed by atoms with Crippen LogP contribution in [-0.2, 0) is 21.1 Å². The number of carbonyl (C=O) groups excluding carboxylic acids is 1. The quantitative estimate of drug-likeness (QED) is 0.880. The Morgan fingerprint density at radius 3 is 2.67 bits per heavy atom. The highest BCUT2D eigenvalue weighted by atomic mass is 32.2. The molecular weight excluding hydrogens is 288 g/mol. The van der Waals surface area contributed by atoms with Gasteiger partial charge in [0.15, 0.2) is 9.84 Å². The number of amides is 1. The molecule has 116 valence electrons. The third kappa shape index (κ3) is 3.63. The van der Waals surface area contributed by atoms with E-state index in [1.807, 2.05) is 24.3 Å². The maximum Gasteiger partial charge on any atom is 0.241 e. The Kier molecular flexibility index (Phi) is 4.39. The summed E-state index contributed by atoms with van der Waals surface area (Å²) in [6, 6.07) is 7.35. The van der Waals surface area contributed by atoms with Crippen molar-refractivity contribution < 1.29 is 13.2 Å². The topological polar surface area (TPSA) is 75.3 Å². The van der Waals surface area contributed by atoms with E-state index in [-0.39, 0.29) is 18.5 Å². The fourth-order valence-corrected chi connectivity index (χ4v) is 2.55. The van der Waals surface area contributed by atoms with Gasteiger partial charge in [0.1, 0.15) is 0 Å². The molecule has 0 spiro atoms. The highest BCUT2D eigenvalue weighted by Gasteiger charge is 2.32. The molecule has 0 bridgehead atoms. The van der Waals surface area contributed by atoms with Crippen molar-refractivity contribution in [3.8, 4) is 0 Å². The molecule has 6 heteroatoms. The van der Waals surface area contributed by atoms with Gasteiger partial charge in [-0.1, -0.05) is 18.2 Å². The number of anilines is 1. The number of aryl methyl sites for hydroxylation is 1. The zero-order valence-electron chi connectivity index (χ0n) is 12.6. The first-order valence-electron chi connectivity index (χ1n) is 7.02. The Morgan fingerprint density at radius 1 is 1.33 bits per heavy atom. The fraction of sp³-hybridized carbons (Fsp3) is 0.533. The molecule has 0 saturated heterocycles. The normalized spacial score (nSPS) is 19.6. The van der Waals surface area contributed by atoms with Crippen molar-refractivity contribution in [2.24, 2.45) is 0 Å². The minimum atomic E-state index is -3.18. The molecule has 0 saturated carbocycles. The summed E-state index contributed by atoms with van der Waals surface area (Å²) in [5.41, 5.74) is 1.95. The summed E-state index contributed by atoms with van der Waals surface area (Å²) in [6.07, 6.45) is 2.66. The van der Waals surface area contributed by atoms with E-state index in [0.717, 1.165) is 17.7 Å². The second kappa shape index (κ2) is 5.77. The van der Waals surface area contributed by atoms with E-state index >= 15 is 0 Å². The summed E-state index contributed by atoms with van der Waals surface area (Å²) in [6.45, 7) is 3.58. The van der Waals surface area contributed by atoms with E-state index in [1.165, 1.54) is 6.26 Å². The molecule has 2 N–H and O–H groups in total. The molecule has 0 fully saturated rings. The monoisotopic (exact) mass is 310 g/mol. The van der Waals surface area contributed by atoms with Crippen molar-refractivity contribution in [2.45, 2.75) is 37.5 Å².